The van der Waals surface area contributed by atoms with E-state index in [0.29, 0.717) is 25.3 Å². The highest BCUT2D eigenvalue weighted by molar-refractivity contribution is 5.95. The Kier molecular flexibility index (Phi) is 5.37. The number of rotatable bonds is 5. The number of aryl methyl sites for hydroxylation is 2. The van der Waals surface area contributed by atoms with Crippen LogP contribution in [0.15, 0.2) is 30.3 Å². The van der Waals surface area contributed by atoms with E-state index in [2.05, 4.69) is 5.10 Å². The molecule has 1 N–H and O–H groups in total. The second-order valence-electron chi connectivity index (χ2n) is 6.61. The number of ether oxygens (including phenoxy) is 1. The van der Waals surface area contributed by atoms with Crippen LogP contribution in [0.1, 0.15) is 33.7 Å². The quantitative estimate of drug-likeness (QED) is 0.883. The molecule has 1 amide bonds. The molecule has 1 saturated heterocycles. The molecular formula is C19H23N3O4. The number of carboxylic acids is 1. The fourth-order valence-corrected chi connectivity index (χ4v) is 3.27. The van der Waals surface area contributed by atoms with Crippen molar-refractivity contribution in [2.45, 2.75) is 32.9 Å². The van der Waals surface area contributed by atoms with E-state index in [1.165, 1.54) is 0 Å². The number of carboxylic acid groups (broad SMARTS) is 1. The maximum Gasteiger partial charge on any atom is 0.305 e. The second kappa shape index (κ2) is 7.70. The summed E-state index contributed by atoms with van der Waals surface area (Å²) < 4.78 is 7.25. The second-order valence-corrected chi connectivity index (χ2v) is 6.61. The van der Waals surface area contributed by atoms with Crippen molar-refractivity contribution in [2.75, 3.05) is 19.8 Å². The summed E-state index contributed by atoms with van der Waals surface area (Å²) in [6.45, 7) is 5.61. The molecular weight excluding hydrogens is 334 g/mol. The van der Waals surface area contributed by atoms with Gasteiger partial charge < -0.3 is 14.7 Å². The fraction of sp³-hybridized carbons (Fsp3) is 0.421. The summed E-state index contributed by atoms with van der Waals surface area (Å²) in [6, 6.07) is 9.00. The first-order chi connectivity index (χ1) is 12.4. The van der Waals surface area contributed by atoms with Crippen molar-refractivity contribution in [1.29, 1.82) is 0 Å². The minimum absolute atomic E-state index is 0.114. The van der Waals surface area contributed by atoms with Crippen molar-refractivity contribution >= 4 is 11.9 Å². The molecule has 0 radical (unpaired) electrons. The number of carbonyl (C=O) groups excluding carboxylic acids is 1. The van der Waals surface area contributed by atoms with Crippen molar-refractivity contribution < 1.29 is 19.4 Å². The number of hydrogen-bond donors (Lipinski definition) is 1. The van der Waals surface area contributed by atoms with Crippen LogP contribution in [0.3, 0.4) is 0 Å². The lowest BCUT2D eigenvalue weighted by Crippen LogP contribution is -2.49. The molecule has 0 aliphatic carbocycles. The molecule has 2 heterocycles. The van der Waals surface area contributed by atoms with E-state index >= 15 is 0 Å². The van der Waals surface area contributed by atoms with Crippen molar-refractivity contribution in [3.63, 3.8) is 0 Å². The number of aliphatic carboxylic acids is 1. The molecule has 0 bridgehead atoms. The first-order valence-corrected chi connectivity index (χ1v) is 8.64. The Morgan fingerprint density at radius 3 is 2.81 bits per heavy atom. The van der Waals surface area contributed by atoms with Gasteiger partial charge in [-0.15, -0.1) is 0 Å². The lowest BCUT2D eigenvalue weighted by molar-refractivity contribution is -0.139. The van der Waals surface area contributed by atoms with Gasteiger partial charge in [-0.05, 0) is 37.6 Å². The number of nitrogens with zero attached hydrogens (tertiary/aromatic N) is 3. The highest BCUT2D eigenvalue weighted by Crippen LogP contribution is 2.17. The number of hydrogen-bond acceptors (Lipinski definition) is 4. The maximum absolute atomic E-state index is 12.9. The van der Waals surface area contributed by atoms with Gasteiger partial charge in [-0.25, -0.2) is 0 Å². The van der Waals surface area contributed by atoms with Crippen LogP contribution >= 0.6 is 0 Å². The van der Waals surface area contributed by atoms with Crippen molar-refractivity contribution in [1.82, 2.24) is 14.7 Å². The first kappa shape index (κ1) is 18.1. The Hall–Kier alpha value is -2.67. The molecule has 2 aromatic rings. The number of benzene rings is 1. The average molecular weight is 357 g/mol. The molecule has 1 aromatic heterocycles. The van der Waals surface area contributed by atoms with Crippen LogP contribution < -0.4 is 0 Å². The van der Waals surface area contributed by atoms with E-state index in [1.807, 2.05) is 42.8 Å². The zero-order valence-corrected chi connectivity index (χ0v) is 15.0. The Bertz CT molecular complexity index is 815. The van der Waals surface area contributed by atoms with Crippen molar-refractivity contribution in [3.8, 4) is 0 Å². The summed E-state index contributed by atoms with van der Waals surface area (Å²) in [5.74, 6) is -1.09. The third kappa shape index (κ3) is 4.11. The van der Waals surface area contributed by atoms with Gasteiger partial charge in [-0.2, -0.15) is 5.10 Å². The molecule has 1 aliphatic rings. The summed E-state index contributed by atoms with van der Waals surface area (Å²) in [5.41, 5.74) is 3.56. The van der Waals surface area contributed by atoms with E-state index in [9.17, 15) is 9.59 Å². The molecule has 3 rings (SSSR count). The van der Waals surface area contributed by atoms with Gasteiger partial charge in [0.1, 0.15) is 0 Å². The topological polar surface area (TPSA) is 84.7 Å². The van der Waals surface area contributed by atoms with Crippen molar-refractivity contribution in [2.24, 2.45) is 0 Å². The van der Waals surface area contributed by atoms with Crippen LogP contribution in [0.5, 0.6) is 0 Å². The molecule has 138 valence electrons. The predicted molar refractivity (Wildman–Crippen MR) is 95.1 cm³/mol. The minimum atomic E-state index is -0.934. The lowest BCUT2D eigenvalue weighted by Gasteiger charge is -2.35. The molecule has 0 spiro atoms. The predicted octanol–water partition coefficient (Wildman–Crippen LogP) is 1.86. The maximum atomic E-state index is 12.9. The first-order valence-electron chi connectivity index (χ1n) is 8.64. The lowest BCUT2D eigenvalue weighted by atomic mass is 10.1. The molecule has 1 aliphatic heterocycles. The third-order valence-electron chi connectivity index (χ3n) is 4.51. The Morgan fingerprint density at radius 1 is 1.31 bits per heavy atom. The highest BCUT2D eigenvalue weighted by Gasteiger charge is 2.29. The van der Waals surface area contributed by atoms with Crippen LogP contribution in [0, 0.1) is 13.8 Å². The number of aromatic nitrogens is 2. The van der Waals surface area contributed by atoms with Crippen molar-refractivity contribution in [3.05, 3.63) is 52.8 Å². The molecule has 7 nitrogen and oxygen atoms in total. The van der Waals surface area contributed by atoms with Gasteiger partial charge in [0.15, 0.2) is 0 Å². The third-order valence-corrected chi connectivity index (χ3v) is 4.51. The molecule has 7 heteroatoms. The molecule has 1 aromatic carbocycles. The van der Waals surface area contributed by atoms with Gasteiger partial charge in [0.2, 0.25) is 0 Å². The Balaban J connectivity index is 1.79. The average Bonchev–Trinajstić information content (AvgIpc) is 2.91. The van der Waals surface area contributed by atoms with E-state index < -0.39 is 12.0 Å². The fourth-order valence-electron chi connectivity index (χ4n) is 3.27. The van der Waals surface area contributed by atoms with Crippen LogP contribution in [0.25, 0.3) is 0 Å². The number of morpholine rings is 1. The largest absolute Gasteiger partial charge is 0.481 e. The van der Waals surface area contributed by atoms with Gasteiger partial charge >= 0.3 is 5.97 Å². The summed E-state index contributed by atoms with van der Waals surface area (Å²) in [7, 11) is 0. The minimum Gasteiger partial charge on any atom is -0.481 e. The van der Waals surface area contributed by atoms with E-state index in [-0.39, 0.29) is 18.9 Å². The van der Waals surface area contributed by atoms with Gasteiger partial charge in [-0.1, -0.05) is 12.1 Å². The number of amides is 1. The molecule has 1 unspecified atom stereocenters. The van der Waals surface area contributed by atoms with Gasteiger partial charge in [0, 0.05) is 17.8 Å². The van der Waals surface area contributed by atoms with Crippen LogP contribution in [0.4, 0.5) is 0 Å². The van der Waals surface area contributed by atoms with E-state index in [1.54, 1.807) is 11.0 Å². The summed E-state index contributed by atoms with van der Waals surface area (Å²) in [4.78, 5) is 25.6. The van der Waals surface area contributed by atoms with Gasteiger partial charge in [0.05, 0.1) is 37.9 Å². The number of carbonyl (C=O) groups is 2. The van der Waals surface area contributed by atoms with Crippen LogP contribution in [-0.4, -0.2) is 57.5 Å². The smallest absolute Gasteiger partial charge is 0.305 e. The van der Waals surface area contributed by atoms with Gasteiger partial charge in [-0.3, -0.25) is 14.3 Å². The van der Waals surface area contributed by atoms with Crippen LogP contribution in [0.2, 0.25) is 0 Å². The zero-order valence-electron chi connectivity index (χ0n) is 15.0. The van der Waals surface area contributed by atoms with Crippen LogP contribution in [-0.2, 0) is 16.1 Å². The summed E-state index contributed by atoms with van der Waals surface area (Å²) >= 11 is 0. The SMILES string of the molecule is Cc1cc(C)n(Cc2cccc(C(=O)N3CCOCC3CC(=O)O)c2)n1. The molecule has 1 fully saturated rings. The Labute approximate surface area is 152 Å². The molecule has 1 atom stereocenters. The normalized spacial score (nSPS) is 17.3. The monoisotopic (exact) mass is 357 g/mol. The standard InChI is InChI=1S/C19H23N3O4/c1-13-8-14(2)22(20-13)11-15-4-3-5-16(9-15)19(25)21-6-7-26-12-17(21)10-18(23)24/h3-5,8-9,17H,6-7,10-12H2,1-2H3,(H,23,24). The van der Waals surface area contributed by atoms with E-state index in [4.69, 9.17) is 9.84 Å². The van der Waals surface area contributed by atoms with Gasteiger partial charge in [0.25, 0.3) is 5.91 Å². The van der Waals surface area contributed by atoms with E-state index in [0.717, 1.165) is 17.0 Å². The molecule has 26 heavy (non-hydrogen) atoms. The zero-order chi connectivity index (χ0) is 18.7. The Morgan fingerprint density at radius 2 is 2.12 bits per heavy atom. The highest BCUT2D eigenvalue weighted by atomic mass is 16.5. The molecule has 0 saturated carbocycles. The summed E-state index contributed by atoms with van der Waals surface area (Å²) in [5, 5.41) is 13.5. The summed E-state index contributed by atoms with van der Waals surface area (Å²) in [6.07, 6.45) is -0.114.